The molecule has 0 radical (unpaired) electrons. The summed E-state index contributed by atoms with van der Waals surface area (Å²) in [5, 5.41) is 3.10. The van der Waals surface area contributed by atoms with E-state index in [0.717, 1.165) is 12.8 Å². The smallest absolute Gasteiger partial charge is 0.258 e. The van der Waals surface area contributed by atoms with Crippen molar-refractivity contribution in [3.05, 3.63) is 23.2 Å². The minimum absolute atomic E-state index is 0.0397. The Labute approximate surface area is 159 Å². The largest absolute Gasteiger partial charge is 0.482 e. The highest BCUT2D eigenvalue weighted by Crippen LogP contribution is 2.30. The normalized spacial score (nSPS) is 16.9. The van der Waals surface area contributed by atoms with Crippen LogP contribution in [0.5, 0.6) is 5.75 Å². The molecule has 1 aliphatic rings. The fraction of sp³-hybridized carbons (Fsp3) is 0.588. The van der Waals surface area contributed by atoms with Crippen molar-refractivity contribution in [3.63, 3.8) is 0 Å². The average molecular weight is 405 g/mol. The van der Waals surface area contributed by atoms with Gasteiger partial charge in [0.1, 0.15) is 10.6 Å². The molecule has 0 saturated carbocycles. The molecule has 1 N–H and O–H groups in total. The number of nitrogens with one attached hydrogen (secondary N) is 1. The van der Waals surface area contributed by atoms with Crippen molar-refractivity contribution in [1.29, 1.82) is 0 Å². The molecule has 1 atom stereocenters. The number of carbonyl (C=O) groups is 1. The van der Waals surface area contributed by atoms with Gasteiger partial charge in [0.2, 0.25) is 10.0 Å². The summed E-state index contributed by atoms with van der Waals surface area (Å²) in [5.41, 5.74) is 0. The molecule has 7 nitrogen and oxygen atoms in total. The van der Waals surface area contributed by atoms with Gasteiger partial charge in [-0.1, -0.05) is 24.9 Å². The van der Waals surface area contributed by atoms with Crippen LogP contribution in [0.25, 0.3) is 0 Å². The number of carbonyl (C=O) groups excluding carboxylic acids is 1. The first-order valence-electron chi connectivity index (χ1n) is 8.64. The third-order valence-electron chi connectivity index (χ3n) is 3.98. The van der Waals surface area contributed by atoms with Crippen LogP contribution in [0.2, 0.25) is 5.02 Å². The molecule has 26 heavy (non-hydrogen) atoms. The number of ether oxygens (including phenoxy) is 2. The minimum Gasteiger partial charge on any atom is -0.482 e. The lowest BCUT2D eigenvalue weighted by Gasteiger charge is -2.26. The van der Waals surface area contributed by atoms with Crippen molar-refractivity contribution >= 4 is 27.5 Å². The molecule has 1 unspecified atom stereocenters. The van der Waals surface area contributed by atoms with E-state index in [4.69, 9.17) is 21.1 Å². The van der Waals surface area contributed by atoms with Gasteiger partial charge in [0.15, 0.2) is 6.61 Å². The molecule has 9 heteroatoms. The summed E-state index contributed by atoms with van der Waals surface area (Å²) in [4.78, 5) is 12.0. The third kappa shape index (κ3) is 5.57. The molecule has 1 amide bonds. The van der Waals surface area contributed by atoms with Gasteiger partial charge in [-0.25, -0.2) is 8.42 Å². The van der Waals surface area contributed by atoms with E-state index in [0.29, 0.717) is 13.2 Å². The molecule has 0 spiro atoms. The Bertz CT molecular complexity index is 720. The second-order valence-electron chi connectivity index (χ2n) is 6.15. The number of hydrogen-bond acceptors (Lipinski definition) is 5. The van der Waals surface area contributed by atoms with Crippen LogP contribution in [-0.4, -0.2) is 57.6 Å². The molecule has 1 fully saturated rings. The van der Waals surface area contributed by atoms with Crippen molar-refractivity contribution in [3.8, 4) is 5.75 Å². The maximum Gasteiger partial charge on any atom is 0.258 e. The monoisotopic (exact) mass is 404 g/mol. The second kappa shape index (κ2) is 9.55. The van der Waals surface area contributed by atoms with E-state index in [9.17, 15) is 13.2 Å². The van der Waals surface area contributed by atoms with Crippen LogP contribution >= 0.6 is 11.6 Å². The summed E-state index contributed by atoms with van der Waals surface area (Å²) >= 11 is 5.99. The number of sulfonamides is 1. The summed E-state index contributed by atoms with van der Waals surface area (Å²) in [5.74, 6) is -0.185. The van der Waals surface area contributed by atoms with E-state index < -0.39 is 10.0 Å². The molecule has 146 valence electrons. The third-order valence-corrected chi connectivity index (χ3v) is 6.14. The number of amides is 1. The highest BCUT2D eigenvalue weighted by Gasteiger charge is 2.29. The minimum atomic E-state index is -3.78. The molecule has 0 aromatic heterocycles. The standard InChI is InChI=1S/C17H25ClN2O5S/c1-3-4-13(2)19-17(21)12-25-15-6-5-14(18)11-16(15)26(22,23)20-7-9-24-10-8-20/h5-6,11,13H,3-4,7-10,12H2,1-2H3,(H,19,21). The number of benzene rings is 1. The number of rotatable bonds is 8. The van der Waals surface area contributed by atoms with Crippen LogP contribution < -0.4 is 10.1 Å². The first kappa shape index (κ1) is 21.0. The van der Waals surface area contributed by atoms with Gasteiger partial charge in [-0.15, -0.1) is 0 Å². The van der Waals surface area contributed by atoms with E-state index in [-0.39, 0.29) is 47.3 Å². The van der Waals surface area contributed by atoms with Crippen molar-refractivity contribution in [1.82, 2.24) is 9.62 Å². The molecule has 0 bridgehead atoms. The van der Waals surface area contributed by atoms with Crippen LogP contribution in [0.15, 0.2) is 23.1 Å². The molecular weight excluding hydrogens is 380 g/mol. The number of morpholine rings is 1. The van der Waals surface area contributed by atoms with Crippen molar-refractivity contribution in [2.45, 2.75) is 37.6 Å². The zero-order chi connectivity index (χ0) is 19.2. The van der Waals surface area contributed by atoms with Gasteiger partial charge < -0.3 is 14.8 Å². The number of nitrogens with zero attached hydrogens (tertiary/aromatic N) is 1. The zero-order valence-corrected chi connectivity index (χ0v) is 16.6. The Kier molecular flexibility index (Phi) is 7.69. The van der Waals surface area contributed by atoms with Crippen molar-refractivity contribution in [2.75, 3.05) is 32.9 Å². The van der Waals surface area contributed by atoms with Gasteiger partial charge in [0.25, 0.3) is 5.91 Å². The maximum atomic E-state index is 12.9. The van der Waals surface area contributed by atoms with Gasteiger partial charge in [0, 0.05) is 24.2 Å². The van der Waals surface area contributed by atoms with Gasteiger partial charge in [-0.05, 0) is 31.5 Å². The highest BCUT2D eigenvalue weighted by atomic mass is 35.5. The molecular formula is C17H25ClN2O5S. The van der Waals surface area contributed by atoms with Crippen LogP contribution in [-0.2, 0) is 19.6 Å². The molecule has 0 aliphatic carbocycles. The molecule has 1 saturated heterocycles. The van der Waals surface area contributed by atoms with Gasteiger partial charge in [-0.2, -0.15) is 4.31 Å². The predicted molar refractivity (Wildman–Crippen MR) is 99.0 cm³/mol. The first-order chi connectivity index (χ1) is 12.3. The van der Waals surface area contributed by atoms with E-state index >= 15 is 0 Å². The van der Waals surface area contributed by atoms with Gasteiger partial charge in [-0.3, -0.25) is 4.79 Å². The Hall–Kier alpha value is -1.35. The van der Waals surface area contributed by atoms with E-state index in [1.165, 1.54) is 22.5 Å². The summed E-state index contributed by atoms with van der Waals surface area (Å²) in [7, 11) is -3.78. The average Bonchev–Trinajstić information content (AvgIpc) is 2.61. The highest BCUT2D eigenvalue weighted by molar-refractivity contribution is 7.89. The van der Waals surface area contributed by atoms with Crippen LogP contribution in [0.3, 0.4) is 0 Å². The molecule has 1 aliphatic heterocycles. The van der Waals surface area contributed by atoms with Crippen molar-refractivity contribution in [2.24, 2.45) is 0 Å². The van der Waals surface area contributed by atoms with Crippen molar-refractivity contribution < 1.29 is 22.7 Å². The second-order valence-corrected chi connectivity index (χ2v) is 8.50. The Morgan fingerprint density at radius 2 is 2.08 bits per heavy atom. The van der Waals surface area contributed by atoms with Gasteiger partial charge >= 0.3 is 0 Å². The quantitative estimate of drug-likeness (QED) is 0.716. The summed E-state index contributed by atoms with van der Waals surface area (Å²) in [6, 6.07) is 4.39. The number of hydrogen-bond donors (Lipinski definition) is 1. The lowest BCUT2D eigenvalue weighted by Crippen LogP contribution is -2.41. The van der Waals surface area contributed by atoms with Gasteiger partial charge in [0.05, 0.1) is 13.2 Å². The van der Waals surface area contributed by atoms with Crippen LogP contribution in [0.1, 0.15) is 26.7 Å². The first-order valence-corrected chi connectivity index (χ1v) is 10.5. The summed E-state index contributed by atoms with van der Waals surface area (Å²) in [6.45, 7) is 4.91. The molecule has 1 heterocycles. The zero-order valence-electron chi connectivity index (χ0n) is 15.0. The van der Waals surface area contributed by atoms with E-state index in [1.54, 1.807) is 0 Å². The Morgan fingerprint density at radius 1 is 1.38 bits per heavy atom. The molecule has 1 aromatic rings. The van der Waals surface area contributed by atoms with Crippen LogP contribution in [0.4, 0.5) is 0 Å². The maximum absolute atomic E-state index is 12.9. The summed E-state index contributed by atoms with van der Waals surface area (Å²) < 4.78 is 37.8. The van der Waals surface area contributed by atoms with Crippen LogP contribution in [0, 0.1) is 0 Å². The predicted octanol–water partition coefficient (Wildman–Crippen LogP) is 2.04. The fourth-order valence-corrected chi connectivity index (χ4v) is 4.50. The SMILES string of the molecule is CCCC(C)NC(=O)COc1ccc(Cl)cc1S(=O)(=O)N1CCOCC1. The van der Waals surface area contributed by atoms with E-state index in [1.807, 2.05) is 13.8 Å². The number of halogens is 1. The summed E-state index contributed by atoms with van der Waals surface area (Å²) in [6.07, 6.45) is 1.82. The Morgan fingerprint density at radius 3 is 2.73 bits per heavy atom. The lowest BCUT2D eigenvalue weighted by molar-refractivity contribution is -0.123. The fourth-order valence-electron chi connectivity index (χ4n) is 2.69. The Balaban J connectivity index is 2.13. The molecule has 2 rings (SSSR count). The van der Waals surface area contributed by atoms with E-state index in [2.05, 4.69) is 5.32 Å². The lowest BCUT2D eigenvalue weighted by atomic mass is 10.2. The molecule has 1 aromatic carbocycles. The topological polar surface area (TPSA) is 84.9 Å².